The highest BCUT2D eigenvalue weighted by molar-refractivity contribution is 5.78. The fourth-order valence-corrected chi connectivity index (χ4v) is 1.67. The van der Waals surface area contributed by atoms with Gasteiger partial charge in [-0.05, 0) is 24.3 Å². The fraction of sp³-hybridized carbons (Fsp3) is 0.154. The van der Waals surface area contributed by atoms with Crippen LogP contribution in [0.15, 0.2) is 39.9 Å². The molecule has 0 amide bonds. The van der Waals surface area contributed by atoms with Gasteiger partial charge in [0.15, 0.2) is 0 Å². The number of benzene rings is 1. The van der Waals surface area contributed by atoms with Crippen LogP contribution in [-0.4, -0.2) is 25.4 Å². The van der Waals surface area contributed by atoms with Crippen LogP contribution in [0.25, 0.3) is 11.3 Å². The minimum atomic E-state index is -0.483. The molecule has 0 spiro atoms. The largest absolute Gasteiger partial charge is 0.497 e. The maximum absolute atomic E-state index is 11.1. The van der Waals surface area contributed by atoms with Crippen molar-refractivity contribution in [2.45, 2.75) is 0 Å². The first-order valence-corrected chi connectivity index (χ1v) is 5.65. The molecule has 0 atom stereocenters. The van der Waals surface area contributed by atoms with Gasteiger partial charge in [-0.25, -0.2) is 0 Å². The van der Waals surface area contributed by atoms with Crippen LogP contribution < -0.4 is 4.74 Å². The highest BCUT2D eigenvalue weighted by Gasteiger charge is 2.19. The Morgan fingerprint density at radius 1 is 1.30 bits per heavy atom. The maximum Gasteiger partial charge on any atom is 0.284 e. The van der Waals surface area contributed by atoms with Crippen LogP contribution in [-0.2, 0) is 4.84 Å². The van der Waals surface area contributed by atoms with Crippen LogP contribution in [0.3, 0.4) is 0 Å². The Balaban J connectivity index is 2.43. The number of furan rings is 1. The third-order valence-corrected chi connectivity index (χ3v) is 2.58. The quantitative estimate of drug-likeness (QED) is 0.476. The van der Waals surface area contributed by atoms with E-state index in [9.17, 15) is 10.1 Å². The van der Waals surface area contributed by atoms with Crippen molar-refractivity contribution in [2.24, 2.45) is 5.16 Å². The third kappa shape index (κ3) is 2.77. The molecule has 0 aliphatic carbocycles. The predicted molar refractivity (Wildman–Crippen MR) is 72.0 cm³/mol. The Morgan fingerprint density at radius 2 is 2.10 bits per heavy atom. The van der Waals surface area contributed by atoms with Crippen LogP contribution in [0, 0.1) is 10.1 Å². The van der Waals surface area contributed by atoms with Gasteiger partial charge in [-0.1, -0.05) is 5.16 Å². The normalized spacial score (nSPS) is 10.7. The van der Waals surface area contributed by atoms with Crippen molar-refractivity contribution in [3.63, 3.8) is 0 Å². The van der Waals surface area contributed by atoms with E-state index in [1.54, 1.807) is 24.3 Å². The lowest BCUT2D eigenvalue weighted by Crippen LogP contribution is -1.93. The molecule has 1 aromatic heterocycles. The van der Waals surface area contributed by atoms with Gasteiger partial charge in [-0.3, -0.25) is 10.1 Å². The third-order valence-electron chi connectivity index (χ3n) is 2.58. The molecular formula is C13H12N2O5. The smallest absolute Gasteiger partial charge is 0.284 e. The lowest BCUT2D eigenvalue weighted by molar-refractivity contribution is -0.384. The first-order chi connectivity index (χ1) is 9.65. The molecule has 0 saturated carbocycles. The van der Waals surface area contributed by atoms with Gasteiger partial charge in [-0.2, -0.15) is 0 Å². The van der Waals surface area contributed by atoms with E-state index in [2.05, 4.69) is 9.99 Å². The molecule has 1 aromatic carbocycles. The molecule has 0 radical (unpaired) electrons. The standard InChI is InChI=1S/C13H12N2O5/c1-18-9-3-5-11(12(7-9)15(16)17)13-6-4-10(20-13)8-14-19-2/h3-8H,1-2H3. The summed E-state index contributed by atoms with van der Waals surface area (Å²) in [4.78, 5) is 15.2. The number of ether oxygens (including phenoxy) is 1. The second kappa shape index (κ2) is 5.87. The number of hydrogen-bond acceptors (Lipinski definition) is 6. The Morgan fingerprint density at radius 3 is 2.75 bits per heavy atom. The van der Waals surface area contributed by atoms with Crippen molar-refractivity contribution in [1.82, 2.24) is 0 Å². The van der Waals surface area contributed by atoms with Gasteiger partial charge < -0.3 is 14.0 Å². The van der Waals surface area contributed by atoms with Gasteiger partial charge in [0.25, 0.3) is 5.69 Å². The summed E-state index contributed by atoms with van der Waals surface area (Å²) in [6.45, 7) is 0. The second-order valence-corrected chi connectivity index (χ2v) is 3.76. The minimum Gasteiger partial charge on any atom is -0.497 e. The highest BCUT2D eigenvalue weighted by Crippen LogP contribution is 2.33. The number of hydrogen-bond donors (Lipinski definition) is 0. The molecule has 0 aliphatic rings. The summed E-state index contributed by atoms with van der Waals surface area (Å²) in [7, 11) is 2.86. The van der Waals surface area contributed by atoms with Crippen LogP contribution in [0.1, 0.15) is 5.76 Å². The Kier molecular flexibility index (Phi) is 3.99. The average Bonchev–Trinajstić information content (AvgIpc) is 2.93. The summed E-state index contributed by atoms with van der Waals surface area (Å²) in [5.74, 6) is 1.22. The van der Waals surface area contributed by atoms with Gasteiger partial charge in [0.05, 0.1) is 23.7 Å². The van der Waals surface area contributed by atoms with Crippen molar-refractivity contribution in [3.05, 3.63) is 46.2 Å². The zero-order valence-electron chi connectivity index (χ0n) is 10.9. The molecule has 1 heterocycles. The molecule has 2 rings (SSSR count). The molecule has 0 bridgehead atoms. The Hall–Kier alpha value is -2.83. The molecule has 20 heavy (non-hydrogen) atoms. The van der Waals surface area contributed by atoms with Gasteiger partial charge in [0, 0.05) is 0 Å². The van der Waals surface area contributed by atoms with Gasteiger partial charge in [0.2, 0.25) is 0 Å². The molecule has 0 aliphatic heterocycles. The summed E-state index contributed by atoms with van der Waals surface area (Å²) in [5, 5.41) is 14.7. The van der Waals surface area contributed by atoms with Crippen LogP contribution in [0.4, 0.5) is 5.69 Å². The van der Waals surface area contributed by atoms with Gasteiger partial charge in [0.1, 0.15) is 30.6 Å². The molecule has 0 unspecified atom stereocenters. The number of nitrogens with zero attached hydrogens (tertiary/aromatic N) is 2. The van der Waals surface area contributed by atoms with Crippen molar-refractivity contribution in [2.75, 3.05) is 14.2 Å². The molecule has 0 saturated heterocycles. The van der Waals surface area contributed by atoms with Gasteiger partial charge in [-0.15, -0.1) is 0 Å². The van der Waals surface area contributed by atoms with Crippen LogP contribution in [0.5, 0.6) is 5.75 Å². The van der Waals surface area contributed by atoms with E-state index in [0.717, 1.165) is 0 Å². The van der Waals surface area contributed by atoms with E-state index in [1.165, 1.54) is 26.5 Å². The van der Waals surface area contributed by atoms with E-state index in [1.807, 2.05) is 0 Å². The topological polar surface area (TPSA) is 87.1 Å². The average molecular weight is 276 g/mol. The first-order valence-electron chi connectivity index (χ1n) is 5.65. The first kappa shape index (κ1) is 13.6. The van der Waals surface area contributed by atoms with Crippen molar-refractivity contribution < 1.29 is 18.9 Å². The number of rotatable bonds is 5. The summed E-state index contributed by atoms with van der Waals surface area (Å²) < 4.78 is 10.4. The number of oxime groups is 1. The Labute approximate surface area is 114 Å². The summed E-state index contributed by atoms with van der Waals surface area (Å²) in [5.41, 5.74) is 0.279. The van der Waals surface area contributed by atoms with E-state index >= 15 is 0 Å². The molecule has 0 N–H and O–H groups in total. The van der Waals surface area contributed by atoms with Crippen molar-refractivity contribution in [3.8, 4) is 17.1 Å². The number of nitro groups is 1. The second-order valence-electron chi connectivity index (χ2n) is 3.76. The summed E-state index contributed by atoms with van der Waals surface area (Å²) in [6.07, 6.45) is 1.37. The maximum atomic E-state index is 11.1. The molecule has 2 aromatic rings. The molecule has 0 fully saturated rings. The molecule has 7 nitrogen and oxygen atoms in total. The molecular weight excluding hydrogens is 264 g/mol. The monoisotopic (exact) mass is 276 g/mol. The SMILES string of the molecule is CON=Cc1ccc(-c2ccc(OC)cc2[N+](=O)[O-])o1. The van der Waals surface area contributed by atoms with Crippen LogP contribution in [0.2, 0.25) is 0 Å². The summed E-state index contributed by atoms with van der Waals surface area (Å²) >= 11 is 0. The molecule has 7 heteroatoms. The van der Waals surface area contributed by atoms with E-state index in [4.69, 9.17) is 9.15 Å². The van der Waals surface area contributed by atoms with Gasteiger partial charge >= 0.3 is 0 Å². The van der Waals surface area contributed by atoms with Crippen molar-refractivity contribution >= 4 is 11.9 Å². The van der Waals surface area contributed by atoms with E-state index in [-0.39, 0.29) is 5.69 Å². The van der Waals surface area contributed by atoms with E-state index in [0.29, 0.717) is 22.8 Å². The minimum absolute atomic E-state index is 0.0890. The summed E-state index contributed by atoms with van der Waals surface area (Å²) in [6, 6.07) is 7.83. The number of methoxy groups -OCH3 is 1. The van der Waals surface area contributed by atoms with Crippen LogP contribution >= 0.6 is 0 Å². The lowest BCUT2D eigenvalue weighted by atomic mass is 10.1. The zero-order valence-corrected chi connectivity index (χ0v) is 10.9. The Bertz CT molecular complexity index is 648. The zero-order chi connectivity index (χ0) is 14.5. The highest BCUT2D eigenvalue weighted by atomic mass is 16.6. The molecule has 104 valence electrons. The predicted octanol–water partition coefficient (Wildman–Crippen LogP) is 2.84. The van der Waals surface area contributed by atoms with E-state index < -0.39 is 4.92 Å². The number of nitro benzene ring substituents is 1. The lowest BCUT2D eigenvalue weighted by Gasteiger charge is -2.03. The fourth-order valence-electron chi connectivity index (χ4n) is 1.67. The van der Waals surface area contributed by atoms with Crippen molar-refractivity contribution in [1.29, 1.82) is 0 Å².